The largest absolute Gasteiger partial charge is 0.454 e. The summed E-state index contributed by atoms with van der Waals surface area (Å²) in [7, 11) is 0. The van der Waals surface area contributed by atoms with Gasteiger partial charge in [0.2, 0.25) is 6.10 Å². The van der Waals surface area contributed by atoms with Gasteiger partial charge in [-0.15, -0.1) is 0 Å². The molecule has 0 unspecified atom stereocenters. The molecule has 4 nitrogen and oxygen atoms in total. The van der Waals surface area contributed by atoms with Crippen LogP contribution in [-0.2, 0) is 9.53 Å². The van der Waals surface area contributed by atoms with Crippen LogP contribution in [0.15, 0.2) is 59.6 Å². The van der Waals surface area contributed by atoms with Crippen molar-refractivity contribution in [3.63, 3.8) is 0 Å². The van der Waals surface area contributed by atoms with Crippen LogP contribution in [0.4, 0.5) is 17.6 Å². The van der Waals surface area contributed by atoms with Gasteiger partial charge in [0.15, 0.2) is 11.6 Å². The van der Waals surface area contributed by atoms with Gasteiger partial charge in [-0.25, -0.2) is 4.39 Å². The van der Waals surface area contributed by atoms with Gasteiger partial charge in [0.1, 0.15) is 16.9 Å². The maximum atomic E-state index is 14.2. The highest BCUT2D eigenvalue weighted by Crippen LogP contribution is 2.60. The molecule has 168 valence electrons. The van der Waals surface area contributed by atoms with Crippen LogP contribution in [0.5, 0.6) is 11.5 Å². The molecule has 0 bridgehead atoms. The molecule has 32 heavy (non-hydrogen) atoms. The number of halogens is 5. The van der Waals surface area contributed by atoms with Crippen LogP contribution in [0.25, 0.3) is 0 Å². The van der Waals surface area contributed by atoms with Gasteiger partial charge >= 0.3 is 12.1 Å². The normalized spacial score (nSPS) is 20.8. The zero-order valence-corrected chi connectivity index (χ0v) is 17.7. The van der Waals surface area contributed by atoms with Gasteiger partial charge in [0.25, 0.3) is 0 Å². The molecule has 0 aromatic heterocycles. The van der Waals surface area contributed by atoms with E-state index in [0.29, 0.717) is 5.75 Å². The third-order valence-corrected chi connectivity index (χ3v) is 5.68. The van der Waals surface area contributed by atoms with Crippen molar-refractivity contribution in [3.05, 3.63) is 71.0 Å². The Morgan fingerprint density at radius 1 is 1.22 bits per heavy atom. The number of nitrogens with zero attached hydrogens (tertiary/aromatic N) is 1. The number of ether oxygens (including phenoxy) is 2. The number of benzene rings is 2. The van der Waals surface area contributed by atoms with E-state index >= 15 is 0 Å². The fraction of sp³-hybridized carbons (Fsp3) is 0.304. The second-order valence-electron chi connectivity index (χ2n) is 7.89. The summed E-state index contributed by atoms with van der Waals surface area (Å²) in [5.74, 6) is -3.04. The van der Waals surface area contributed by atoms with Crippen LogP contribution in [0.2, 0.25) is 0 Å². The number of allylic oxidation sites excluding steroid dienone is 2. The fourth-order valence-corrected chi connectivity index (χ4v) is 3.56. The van der Waals surface area contributed by atoms with Gasteiger partial charge in [-0.1, -0.05) is 55.8 Å². The Bertz CT molecular complexity index is 1080. The van der Waals surface area contributed by atoms with Gasteiger partial charge in [-0.05, 0) is 35.6 Å². The molecule has 3 atom stereocenters. The van der Waals surface area contributed by atoms with Crippen LogP contribution >= 0.6 is 11.6 Å². The van der Waals surface area contributed by atoms with E-state index in [1.165, 1.54) is 12.1 Å². The lowest BCUT2D eigenvalue weighted by Gasteiger charge is -2.14. The number of rotatable bonds is 6. The summed E-state index contributed by atoms with van der Waals surface area (Å²) in [6, 6.07) is 13.8. The lowest BCUT2D eigenvalue weighted by Crippen LogP contribution is -2.15. The van der Waals surface area contributed by atoms with Crippen LogP contribution in [-0.4, -0.2) is 12.1 Å². The molecule has 0 spiro atoms. The van der Waals surface area contributed by atoms with Crippen molar-refractivity contribution in [1.29, 1.82) is 5.26 Å². The Hall–Kier alpha value is -3.05. The number of esters is 1. The lowest BCUT2D eigenvalue weighted by atomic mass is 10.1. The number of alkyl halides is 3. The number of nitriles is 1. The van der Waals surface area contributed by atoms with Crippen molar-refractivity contribution in [3.8, 4) is 17.6 Å². The van der Waals surface area contributed by atoms with Crippen LogP contribution in [0, 0.1) is 34.4 Å². The average molecular weight is 468 g/mol. The molecule has 0 aliphatic heterocycles. The maximum absolute atomic E-state index is 14.2. The van der Waals surface area contributed by atoms with Crippen molar-refractivity contribution in [1.82, 2.24) is 0 Å². The molecule has 1 saturated carbocycles. The van der Waals surface area contributed by atoms with E-state index in [1.807, 2.05) is 6.07 Å². The molecule has 1 fully saturated rings. The Morgan fingerprint density at radius 2 is 1.88 bits per heavy atom. The third-order valence-electron chi connectivity index (χ3n) is 5.34. The number of hydrogen-bond acceptors (Lipinski definition) is 4. The van der Waals surface area contributed by atoms with E-state index in [2.05, 4.69) is 0 Å². The molecular formula is C23H18ClF4NO3. The monoisotopic (exact) mass is 467 g/mol. The molecule has 3 rings (SSSR count). The van der Waals surface area contributed by atoms with Gasteiger partial charge in [-0.2, -0.15) is 18.4 Å². The van der Waals surface area contributed by atoms with E-state index in [9.17, 15) is 27.6 Å². The van der Waals surface area contributed by atoms with E-state index in [4.69, 9.17) is 21.1 Å². The molecule has 0 amide bonds. The zero-order valence-electron chi connectivity index (χ0n) is 17.0. The maximum Gasteiger partial charge on any atom is 0.426 e. The summed E-state index contributed by atoms with van der Waals surface area (Å²) >= 11 is 5.30. The predicted molar refractivity (Wildman–Crippen MR) is 108 cm³/mol. The Balaban J connectivity index is 1.76. The summed E-state index contributed by atoms with van der Waals surface area (Å²) in [5.41, 5.74) is -0.667. The first-order valence-corrected chi connectivity index (χ1v) is 9.90. The minimum atomic E-state index is -4.72. The van der Waals surface area contributed by atoms with Crippen LogP contribution in [0.3, 0.4) is 0 Å². The Kier molecular flexibility index (Phi) is 6.51. The summed E-state index contributed by atoms with van der Waals surface area (Å²) in [6.45, 7) is 3.21. The molecule has 1 aliphatic carbocycles. The van der Waals surface area contributed by atoms with E-state index < -0.39 is 46.3 Å². The van der Waals surface area contributed by atoms with Crippen LogP contribution < -0.4 is 4.74 Å². The highest BCUT2D eigenvalue weighted by atomic mass is 35.5. The molecule has 2 aromatic carbocycles. The topological polar surface area (TPSA) is 59.3 Å². The highest BCUT2D eigenvalue weighted by Gasteiger charge is 2.62. The standard InChI is InChI=1S/C23H18ClF4NO3/c1-22(2)15(11-19(24)23(26,27)28)20(22)21(30)32-18(12-29)13-8-9-16(25)17(10-13)31-14-6-4-3-5-7-14/h3-11,15,18,20H,1-2H3/t15-,18-,20-/m1/s1. The number of carbonyl (C=O) groups is 1. The number of carbonyl (C=O) groups excluding carboxylic acids is 1. The molecule has 2 aromatic rings. The Labute approximate surface area is 187 Å². The van der Waals surface area contributed by atoms with Gasteiger partial charge in [0, 0.05) is 5.56 Å². The first kappa shape index (κ1) is 23.6. The van der Waals surface area contributed by atoms with Crippen LogP contribution in [0.1, 0.15) is 25.5 Å². The third kappa shape index (κ3) is 5.05. The minimum Gasteiger partial charge on any atom is -0.454 e. The lowest BCUT2D eigenvalue weighted by molar-refractivity contribution is -0.149. The fourth-order valence-electron chi connectivity index (χ4n) is 3.43. The predicted octanol–water partition coefficient (Wildman–Crippen LogP) is 6.68. The van der Waals surface area contributed by atoms with E-state index in [1.54, 1.807) is 44.2 Å². The molecule has 0 heterocycles. The van der Waals surface area contributed by atoms with E-state index in [0.717, 1.165) is 12.1 Å². The second kappa shape index (κ2) is 8.83. The molecule has 0 N–H and O–H groups in total. The molecule has 0 saturated heterocycles. The minimum absolute atomic E-state index is 0.159. The number of hydrogen-bond donors (Lipinski definition) is 0. The van der Waals surface area contributed by atoms with Gasteiger partial charge in [-0.3, -0.25) is 4.79 Å². The van der Waals surface area contributed by atoms with Crippen molar-refractivity contribution in [2.45, 2.75) is 26.1 Å². The second-order valence-corrected chi connectivity index (χ2v) is 8.30. The summed E-state index contributed by atoms with van der Waals surface area (Å²) in [5, 5.41) is 8.17. The van der Waals surface area contributed by atoms with Crippen molar-refractivity contribution in [2.75, 3.05) is 0 Å². The van der Waals surface area contributed by atoms with E-state index in [-0.39, 0.29) is 11.3 Å². The SMILES string of the molecule is CC1(C)[C@H](C=C(Cl)C(F)(F)F)[C@@H]1C(=O)O[C@H](C#N)c1ccc(F)c(Oc2ccccc2)c1. The quantitative estimate of drug-likeness (QED) is 0.351. The molecular weight excluding hydrogens is 450 g/mol. The molecule has 1 aliphatic rings. The zero-order chi connectivity index (χ0) is 23.7. The molecule has 9 heteroatoms. The van der Waals surface area contributed by atoms with Crippen molar-refractivity contribution >= 4 is 17.6 Å². The summed E-state index contributed by atoms with van der Waals surface area (Å²) < 4.78 is 63.1. The van der Waals surface area contributed by atoms with Gasteiger partial charge in [0.05, 0.1) is 5.92 Å². The van der Waals surface area contributed by atoms with Gasteiger partial charge < -0.3 is 9.47 Å². The summed E-state index contributed by atoms with van der Waals surface area (Å²) in [6.07, 6.45) is -5.33. The Morgan fingerprint density at radius 3 is 2.47 bits per heavy atom. The highest BCUT2D eigenvalue weighted by molar-refractivity contribution is 6.30. The average Bonchev–Trinajstić information content (AvgIpc) is 3.27. The first-order chi connectivity index (χ1) is 14.9. The smallest absolute Gasteiger partial charge is 0.426 e. The summed E-state index contributed by atoms with van der Waals surface area (Å²) in [4.78, 5) is 12.6. The number of para-hydroxylation sites is 1. The van der Waals surface area contributed by atoms with Crippen molar-refractivity contribution in [2.24, 2.45) is 17.3 Å². The van der Waals surface area contributed by atoms with Crippen molar-refractivity contribution < 1.29 is 31.8 Å². The molecule has 0 radical (unpaired) electrons. The first-order valence-electron chi connectivity index (χ1n) is 9.52.